The molecule has 0 saturated carbocycles. The van der Waals surface area contributed by atoms with Gasteiger partial charge < -0.3 is 0 Å². The fraction of sp³-hybridized carbons (Fsp3) is 0. The summed E-state index contributed by atoms with van der Waals surface area (Å²) in [5.74, 6) is 0.686. The standard InChI is InChI=1S/C38H24N4/c1-3-12-26(13-4-1)33-24-34(42-38(41-33)27-14-5-2-6-15-27)28-21-22-39-35(23-28)37-31-20-19-25-11-7-8-16-29(25)36(31)30-17-9-10-18-32(30)40-37/h1-24H. The first-order chi connectivity index (χ1) is 20.8. The van der Waals surface area contributed by atoms with Crippen LogP contribution in [0.5, 0.6) is 0 Å². The van der Waals surface area contributed by atoms with E-state index in [4.69, 9.17) is 19.9 Å². The largest absolute Gasteiger partial charge is 0.255 e. The Bertz CT molecular complexity index is 2170. The van der Waals surface area contributed by atoms with Crippen molar-refractivity contribution < 1.29 is 0 Å². The van der Waals surface area contributed by atoms with Crippen LogP contribution in [0.1, 0.15) is 0 Å². The summed E-state index contributed by atoms with van der Waals surface area (Å²) in [7, 11) is 0. The van der Waals surface area contributed by atoms with E-state index in [0.717, 1.165) is 55.8 Å². The highest BCUT2D eigenvalue weighted by molar-refractivity contribution is 6.22. The van der Waals surface area contributed by atoms with Gasteiger partial charge in [0.1, 0.15) is 0 Å². The van der Waals surface area contributed by atoms with Crippen LogP contribution in [0.3, 0.4) is 0 Å². The molecule has 0 saturated heterocycles. The van der Waals surface area contributed by atoms with Gasteiger partial charge in [-0.1, -0.05) is 115 Å². The molecule has 0 amide bonds. The second kappa shape index (κ2) is 10.0. The molecule has 0 radical (unpaired) electrons. The van der Waals surface area contributed by atoms with Gasteiger partial charge in [0.15, 0.2) is 5.82 Å². The molecule has 3 heterocycles. The Hall–Kier alpha value is -5.74. The normalized spacial score (nSPS) is 11.3. The van der Waals surface area contributed by atoms with E-state index in [9.17, 15) is 0 Å². The minimum atomic E-state index is 0.686. The molecular formula is C38H24N4. The van der Waals surface area contributed by atoms with Crippen molar-refractivity contribution in [2.45, 2.75) is 0 Å². The average molecular weight is 537 g/mol. The van der Waals surface area contributed by atoms with Gasteiger partial charge >= 0.3 is 0 Å². The van der Waals surface area contributed by atoms with Crippen molar-refractivity contribution >= 4 is 32.4 Å². The summed E-state index contributed by atoms with van der Waals surface area (Å²) in [6.07, 6.45) is 1.85. The second-order valence-electron chi connectivity index (χ2n) is 10.3. The smallest absolute Gasteiger partial charge is 0.160 e. The summed E-state index contributed by atoms with van der Waals surface area (Å²) >= 11 is 0. The number of aromatic nitrogens is 4. The van der Waals surface area contributed by atoms with Gasteiger partial charge in [0.05, 0.1) is 28.3 Å². The first-order valence-corrected chi connectivity index (χ1v) is 14.0. The van der Waals surface area contributed by atoms with Gasteiger partial charge in [-0.3, -0.25) is 4.98 Å². The molecule has 0 N–H and O–H groups in total. The van der Waals surface area contributed by atoms with Crippen LogP contribution >= 0.6 is 0 Å². The topological polar surface area (TPSA) is 51.6 Å². The highest BCUT2D eigenvalue weighted by atomic mass is 14.9. The Labute approximate surface area is 243 Å². The second-order valence-corrected chi connectivity index (χ2v) is 10.3. The van der Waals surface area contributed by atoms with Crippen LogP contribution in [-0.2, 0) is 0 Å². The molecule has 0 atom stereocenters. The highest BCUT2D eigenvalue weighted by Gasteiger charge is 2.16. The molecule has 196 valence electrons. The SMILES string of the molecule is c1ccc(-c2cc(-c3ccnc(-c4nc5ccccc5c5c4ccc4ccccc45)c3)nc(-c3ccccc3)n2)cc1. The zero-order valence-electron chi connectivity index (χ0n) is 22.6. The van der Waals surface area contributed by atoms with E-state index in [1.165, 1.54) is 16.2 Å². The van der Waals surface area contributed by atoms with Crippen molar-refractivity contribution in [2.75, 3.05) is 0 Å². The van der Waals surface area contributed by atoms with E-state index >= 15 is 0 Å². The van der Waals surface area contributed by atoms with Gasteiger partial charge in [0.25, 0.3) is 0 Å². The lowest BCUT2D eigenvalue weighted by molar-refractivity contribution is 1.18. The third-order valence-corrected chi connectivity index (χ3v) is 7.72. The van der Waals surface area contributed by atoms with Crippen LogP contribution in [-0.4, -0.2) is 19.9 Å². The quantitative estimate of drug-likeness (QED) is 0.210. The number of rotatable bonds is 4. The first-order valence-electron chi connectivity index (χ1n) is 14.0. The molecule has 3 aromatic heterocycles. The molecule has 0 spiro atoms. The minimum Gasteiger partial charge on any atom is -0.255 e. The molecule has 0 aliphatic carbocycles. The molecule has 4 heteroatoms. The summed E-state index contributed by atoms with van der Waals surface area (Å²) in [6.45, 7) is 0. The van der Waals surface area contributed by atoms with Crippen LogP contribution in [0.2, 0.25) is 0 Å². The van der Waals surface area contributed by atoms with Gasteiger partial charge in [0.2, 0.25) is 0 Å². The summed E-state index contributed by atoms with van der Waals surface area (Å²) in [5.41, 5.74) is 7.29. The Morgan fingerprint density at radius 1 is 0.405 bits per heavy atom. The van der Waals surface area contributed by atoms with E-state index in [0.29, 0.717) is 5.82 Å². The molecule has 0 bridgehead atoms. The molecule has 42 heavy (non-hydrogen) atoms. The number of hydrogen-bond acceptors (Lipinski definition) is 4. The summed E-state index contributed by atoms with van der Waals surface area (Å²) in [6, 6.07) is 47.7. The Morgan fingerprint density at radius 2 is 1.07 bits per heavy atom. The van der Waals surface area contributed by atoms with Gasteiger partial charge in [-0.25, -0.2) is 15.0 Å². The van der Waals surface area contributed by atoms with Crippen molar-refractivity contribution in [2.24, 2.45) is 0 Å². The van der Waals surface area contributed by atoms with Crippen LogP contribution in [0, 0.1) is 0 Å². The van der Waals surface area contributed by atoms with Crippen LogP contribution in [0.25, 0.3) is 77.7 Å². The maximum absolute atomic E-state index is 5.15. The number of benzene rings is 5. The monoisotopic (exact) mass is 536 g/mol. The van der Waals surface area contributed by atoms with Crippen molar-refractivity contribution in [1.82, 2.24) is 19.9 Å². The molecule has 8 aromatic rings. The maximum atomic E-state index is 5.15. The predicted octanol–water partition coefficient (Wildman–Crippen LogP) is 9.39. The number of fused-ring (bicyclic) bond motifs is 5. The predicted molar refractivity (Wildman–Crippen MR) is 172 cm³/mol. The Kier molecular flexibility index (Phi) is 5.75. The van der Waals surface area contributed by atoms with Gasteiger partial charge in [-0.05, 0) is 35.0 Å². The number of para-hydroxylation sites is 1. The molecule has 8 rings (SSSR count). The van der Waals surface area contributed by atoms with E-state index in [-0.39, 0.29) is 0 Å². The van der Waals surface area contributed by atoms with Crippen LogP contribution in [0.4, 0.5) is 0 Å². The zero-order chi connectivity index (χ0) is 27.9. The van der Waals surface area contributed by atoms with Crippen LogP contribution < -0.4 is 0 Å². The summed E-state index contributed by atoms with van der Waals surface area (Å²) in [5, 5.41) is 5.83. The number of nitrogens with zero attached hydrogens (tertiary/aromatic N) is 4. The molecule has 0 fully saturated rings. The average Bonchev–Trinajstić information content (AvgIpc) is 3.08. The lowest BCUT2D eigenvalue weighted by Gasteiger charge is -2.13. The lowest BCUT2D eigenvalue weighted by atomic mass is 9.96. The minimum absolute atomic E-state index is 0.686. The van der Waals surface area contributed by atoms with E-state index in [1.54, 1.807) is 0 Å². The number of hydrogen-bond donors (Lipinski definition) is 0. The molecular weight excluding hydrogens is 512 g/mol. The van der Waals surface area contributed by atoms with Crippen molar-refractivity contribution in [3.63, 3.8) is 0 Å². The fourth-order valence-electron chi connectivity index (χ4n) is 5.71. The fourth-order valence-corrected chi connectivity index (χ4v) is 5.71. The molecule has 5 aromatic carbocycles. The highest BCUT2D eigenvalue weighted by Crippen LogP contribution is 2.37. The van der Waals surface area contributed by atoms with Crippen molar-refractivity contribution in [1.29, 1.82) is 0 Å². The Morgan fingerprint density at radius 3 is 1.88 bits per heavy atom. The van der Waals surface area contributed by atoms with E-state index in [2.05, 4.69) is 78.9 Å². The zero-order valence-corrected chi connectivity index (χ0v) is 22.6. The summed E-state index contributed by atoms with van der Waals surface area (Å²) in [4.78, 5) is 20.0. The number of pyridine rings is 2. The van der Waals surface area contributed by atoms with Crippen molar-refractivity contribution in [3.05, 3.63) is 146 Å². The third-order valence-electron chi connectivity index (χ3n) is 7.72. The van der Waals surface area contributed by atoms with E-state index < -0.39 is 0 Å². The van der Waals surface area contributed by atoms with Gasteiger partial charge in [0, 0.05) is 39.0 Å². The maximum Gasteiger partial charge on any atom is 0.160 e. The lowest BCUT2D eigenvalue weighted by Crippen LogP contribution is -1.97. The molecule has 0 aliphatic heterocycles. The summed E-state index contributed by atoms with van der Waals surface area (Å²) < 4.78 is 0. The molecule has 0 unspecified atom stereocenters. The van der Waals surface area contributed by atoms with E-state index in [1.807, 2.05) is 66.9 Å². The Balaban J connectivity index is 1.35. The van der Waals surface area contributed by atoms with Gasteiger partial charge in [-0.2, -0.15) is 0 Å². The van der Waals surface area contributed by atoms with Crippen LogP contribution in [0.15, 0.2) is 146 Å². The first kappa shape index (κ1) is 24.1. The molecule has 4 nitrogen and oxygen atoms in total. The van der Waals surface area contributed by atoms with Crippen molar-refractivity contribution in [3.8, 4) is 45.3 Å². The third kappa shape index (κ3) is 4.18. The van der Waals surface area contributed by atoms with Gasteiger partial charge in [-0.15, -0.1) is 0 Å². The molecule has 0 aliphatic rings.